The minimum absolute atomic E-state index is 0.142. The number of hydrogen-bond acceptors (Lipinski definition) is 4. The van der Waals surface area contributed by atoms with Crippen molar-refractivity contribution >= 4 is 11.3 Å². The highest BCUT2D eigenvalue weighted by Crippen LogP contribution is 2.26. The van der Waals surface area contributed by atoms with Gasteiger partial charge in [0.15, 0.2) is 0 Å². The van der Waals surface area contributed by atoms with Gasteiger partial charge in [-0.05, 0) is 36.2 Å². The van der Waals surface area contributed by atoms with Crippen molar-refractivity contribution in [1.82, 2.24) is 5.43 Å². The quantitative estimate of drug-likeness (QED) is 0.606. The van der Waals surface area contributed by atoms with Crippen LogP contribution in [0.1, 0.15) is 28.3 Å². The fourth-order valence-electron chi connectivity index (χ4n) is 2.10. The van der Waals surface area contributed by atoms with E-state index < -0.39 is 6.61 Å². The molecule has 2 rings (SSSR count). The molecule has 114 valence electrons. The van der Waals surface area contributed by atoms with Gasteiger partial charge < -0.3 is 4.74 Å². The molecule has 0 saturated heterocycles. The molecule has 0 aliphatic rings. The number of hydrogen-bond donors (Lipinski definition) is 2. The van der Waals surface area contributed by atoms with Crippen molar-refractivity contribution in [3.05, 3.63) is 51.7 Å². The Balaban J connectivity index is 2.12. The van der Waals surface area contributed by atoms with E-state index in [0.717, 1.165) is 12.0 Å². The summed E-state index contributed by atoms with van der Waals surface area (Å²) < 4.78 is 28.9. The SMILES string of the molecule is CCc1ccc(CC(NN)c2cccc(OC(F)F)c2)s1. The molecule has 21 heavy (non-hydrogen) atoms. The van der Waals surface area contributed by atoms with Crippen LogP contribution >= 0.6 is 11.3 Å². The molecular weight excluding hydrogens is 294 g/mol. The van der Waals surface area contributed by atoms with Gasteiger partial charge in [0.2, 0.25) is 0 Å². The molecule has 1 atom stereocenters. The van der Waals surface area contributed by atoms with E-state index in [-0.39, 0.29) is 11.8 Å². The van der Waals surface area contributed by atoms with Gasteiger partial charge in [0.1, 0.15) is 5.75 Å². The van der Waals surface area contributed by atoms with Gasteiger partial charge in [-0.25, -0.2) is 0 Å². The lowest BCUT2D eigenvalue weighted by Gasteiger charge is -2.16. The largest absolute Gasteiger partial charge is 0.435 e. The lowest BCUT2D eigenvalue weighted by atomic mass is 10.0. The lowest BCUT2D eigenvalue weighted by molar-refractivity contribution is -0.0499. The van der Waals surface area contributed by atoms with Crippen molar-refractivity contribution in [1.29, 1.82) is 0 Å². The lowest BCUT2D eigenvalue weighted by Crippen LogP contribution is -2.29. The fraction of sp³-hybridized carbons (Fsp3) is 0.333. The van der Waals surface area contributed by atoms with Gasteiger partial charge >= 0.3 is 6.61 Å². The van der Waals surface area contributed by atoms with Crippen molar-refractivity contribution in [3.63, 3.8) is 0 Å². The molecule has 2 aromatic rings. The van der Waals surface area contributed by atoms with Crippen LogP contribution in [0.2, 0.25) is 0 Å². The third-order valence-corrected chi connectivity index (χ3v) is 4.41. The van der Waals surface area contributed by atoms with Crippen molar-refractivity contribution in [3.8, 4) is 5.75 Å². The summed E-state index contributed by atoms with van der Waals surface area (Å²) >= 11 is 1.74. The smallest absolute Gasteiger partial charge is 0.387 e. The Hall–Kier alpha value is -1.50. The van der Waals surface area contributed by atoms with Crippen LogP contribution in [-0.2, 0) is 12.8 Å². The molecule has 1 aromatic heterocycles. The van der Waals surface area contributed by atoms with Gasteiger partial charge in [0.05, 0.1) is 6.04 Å². The Morgan fingerprint density at radius 1 is 1.24 bits per heavy atom. The number of ether oxygens (including phenoxy) is 1. The first-order chi connectivity index (χ1) is 10.1. The molecule has 3 nitrogen and oxygen atoms in total. The number of halogens is 2. The Morgan fingerprint density at radius 3 is 2.62 bits per heavy atom. The van der Waals surface area contributed by atoms with E-state index in [1.54, 1.807) is 23.5 Å². The Kier molecular flexibility index (Phi) is 5.67. The summed E-state index contributed by atoms with van der Waals surface area (Å²) in [6.45, 7) is -0.715. The summed E-state index contributed by atoms with van der Waals surface area (Å²) in [6.07, 6.45) is 1.71. The highest BCUT2D eigenvalue weighted by molar-refractivity contribution is 7.11. The van der Waals surface area contributed by atoms with E-state index in [0.29, 0.717) is 6.42 Å². The van der Waals surface area contributed by atoms with E-state index in [2.05, 4.69) is 29.2 Å². The van der Waals surface area contributed by atoms with Gasteiger partial charge in [-0.15, -0.1) is 11.3 Å². The van der Waals surface area contributed by atoms with Crippen LogP contribution in [0.4, 0.5) is 8.78 Å². The predicted molar refractivity (Wildman–Crippen MR) is 80.5 cm³/mol. The van der Waals surface area contributed by atoms with Crippen LogP contribution in [0.3, 0.4) is 0 Å². The number of aryl methyl sites for hydroxylation is 1. The predicted octanol–water partition coefficient (Wildman–Crippen LogP) is 3.66. The standard InChI is InChI=1S/C15H18F2N2OS/c1-2-12-6-7-13(21-12)9-14(19-18)10-4-3-5-11(8-10)20-15(16)17/h3-8,14-15,19H,2,9,18H2,1H3. The zero-order valence-corrected chi connectivity index (χ0v) is 12.5. The van der Waals surface area contributed by atoms with Gasteiger partial charge in [0.25, 0.3) is 0 Å². The second-order valence-electron chi connectivity index (χ2n) is 4.60. The molecule has 0 aliphatic carbocycles. The van der Waals surface area contributed by atoms with Gasteiger partial charge in [-0.3, -0.25) is 11.3 Å². The van der Waals surface area contributed by atoms with Crippen LogP contribution in [0.25, 0.3) is 0 Å². The van der Waals surface area contributed by atoms with Crippen LogP contribution < -0.4 is 16.0 Å². The first kappa shape index (κ1) is 15.9. The van der Waals surface area contributed by atoms with Crippen LogP contribution in [0.15, 0.2) is 36.4 Å². The minimum atomic E-state index is -2.83. The highest BCUT2D eigenvalue weighted by Gasteiger charge is 2.14. The average Bonchev–Trinajstić information content (AvgIpc) is 2.92. The Morgan fingerprint density at radius 2 is 2.00 bits per heavy atom. The number of alkyl halides is 2. The van der Waals surface area contributed by atoms with Crippen molar-refractivity contribution < 1.29 is 13.5 Å². The fourth-order valence-corrected chi connectivity index (χ4v) is 3.11. The Bertz CT molecular complexity index is 574. The number of rotatable bonds is 7. The summed E-state index contributed by atoms with van der Waals surface area (Å²) in [4.78, 5) is 2.52. The molecule has 0 aliphatic heterocycles. The second kappa shape index (κ2) is 7.49. The summed E-state index contributed by atoms with van der Waals surface area (Å²) in [5.74, 6) is 5.75. The van der Waals surface area contributed by atoms with Gasteiger partial charge in [-0.1, -0.05) is 19.1 Å². The number of benzene rings is 1. The molecular formula is C15H18F2N2OS. The molecule has 0 spiro atoms. The van der Waals surface area contributed by atoms with Crippen molar-refractivity contribution in [2.24, 2.45) is 5.84 Å². The third-order valence-electron chi connectivity index (χ3n) is 3.16. The zero-order valence-electron chi connectivity index (χ0n) is 11.7. The molecule has 1 heterocycles. The van der Waals surface area contributed by atoms with Crippen LogP contribution in [-0.4, -0.2) is 6.61 Å². The maximum absolute atomic E-state index is 12.3. The topological polar surface area (TPSA) is 47.3 Å². The van der Waals surface area contributed by atoms with E-state index in [1.165, 1.54) is 15.8 Å². The van der Waals surface area contributed by atoms with Crippen molar-refractivity contribution in [2.75, 3.05) is 0 Å². The Labute approximate surface area is 126 Å². The summed E-state index contributed by atoms with van der Waals surface area (Å²) in [5, 5.41) is 0. The molecule has 1 unspecified atom stereocenters. The van der Waals surface area contributed by atoms with Crippen molar-refractivity contribution in [2.45, 2.75) is 32.4 Å². The summed E-state index contributed by atoms with van der Waals surface area (Å²) in [6, 6.07) is 10.7. The van der Waals surface area contributed by atoms with E-state index in [4.69, 9.17) is 5.84 Å². The number of nitrogens with two attached hydrogens (primary N) is 1. The number of hydrazine groups is 1. The molecule has 3 N–H and O–H groups in total. The summed E-state index contributed by atoms with van der Waals surface area (Å²) in [7, 11) is 0. The third kappa shape index (κ3) is 4.49. The van der Waals surface area contributed by atoms with E-state index in [9.17, 15) is 8.78 Å². The van der Waals surface area contributed by atoms with Gasteiger partial charge in [-0.2, -0.15) is 8.78 Å². The first-order valence-corrected chi connectivity index (χ1v) is 7.52. The molecule has 6 heteroatoms. The monoisotopic (exact) mass is 312 g/mol. The molecule has 0 bridgehead atoms. The maximum atomic E-state index is 12.3. The van der Waals surface area contributed by atoms with Crippen LogP contribution in [0, 0.1) is 0 Å². The number of thiophene rings is 1. The molecule has 0 saturated carbocycles. The molecule has 0 amide bonds. The average molecular weight is 312 g/mol. The maximum Gasteiger partial charge on any atom is 0.387 e. The highest BCUT2D eigenvalue weighted by atomic mass is 32.1. The molecule has 1 aromatic carbocycles. The van der Waals surface area contributed by atoms with E-state index >= 15 is 0 Å². The molecule has 0 radical (unpaired) electrons. The first-order valence-electron chi connectivity index (χ1n) is 6.71. The molecule has 0 fully saturated rings. The minimum Gasteiger partial charge on any atom is -0.435 e. The normalized spacial score (nSPS) is 12.6. The zero-order chi connectivity index (χ0) is 15.2. The summed E-state index contributed by atoms with van der Waals surface area (Å²) in [5.41, 5.74) is 3.56. The second-order valence-corrected chi connectivity index (χ2v) is 5.85. The van der Waals surface area contributed by atoms with E-state index in [1.807, 2.05) is 6.07 Å². The van der Waals surface area contributed by atoms with Gasteiger partial charge in [0, 0.05) is 16.2 Å². The number of nitrogens with one attached hydrogen (secondary N) is 1. The van der Waals surface area contributed by atoms with Crippen LogP contribution in [0.5, 0.6) is 5.75 Å².